The maximum Gasteiger partial charge on any atom is 0.0700 e. The van der Waals surface area contributed by atoms with Gasteiger partial charge in [-0.1, -0.05) is 0 Å². The van der Waals surface area contributed by atoms with Crippen molar-refractivity contribution < 1.29 is 4.74 Å². The van der Waals surface area contributed by atoms with Crippen molar-refractivity contribution >= 4 is 11.8 Å². The molecule has 2 fully saturated rings. The summed E-state index contributed by atoms with van der Waals surface area (Å²) in [6.45, 7) is 2.69. The molecule has 3 N–H and O–H groups in total. The van der Waals surface area contributed by atoms with E-state index in [1.165, 1.54) is 37.2 Å². The molecular weight excluding hydrogens is 208 g/mol. The molecule has 2 aliphatic heterocycles. The molecule has 1 unspecified atom stereocenters. The van der Waals surface area contributed by atoms with E-state index in [4.69, 9.17) is 10.5 Å². The molecule has 4 heteroatoms. The first-order valence-corrected chi connectivity index (χ1v) is 7.15. The van der Waals surface area contributed by atoms with Gasteiger partial charge in [0.1, 0.15) is 0 Å². The third-order valence-electron chi connectivity index (χ3n) is 3.57. The Labute approximate surface area is 96.5 Å². The van der Waals surface area contributed by atoms with Gasteiger partial charge in [0.2, 0.25) is 0 Å². The minimum atomic E-state index is 0.206. The number of nitrogens with two attached hydrogens (primary N) is 1. The maximum absolute atomic E-state index is 5.91. The van der Waals surface area contributed by atoms with Gasteiger partial charge in [0.05, 0.1) is 6.10 Å². The average molecular weight is 230 g/mol. The average Bonchev–Trinajstić information content (AvgIpc) is 2.81. The fourth-order valence-electron chi connectivity index (χ4n) is 2.35. The number of nitrogens with one attached hydrogen (secondary N) is 1. The molecule has 3 nitrogen and oxygen atoms in total. The highest BCUT2D eigenvalue weighted by Gasteiger charge is 2.31. The fraction of sp³-hybridized carbons (Fsp3) is 1.00. The number of rotatable bonds is 4. The van der Waals surface area contributed by atoms with Crippen molar-refractivity contribution in [3.8, 4) is 0 Å². The van der Waals surface area contributed by atoms with Crippen LogP contribution in [-0.2, 0) is 4.74 Å². The topological polar surface area (TPSA) is 47.3 Å². The van der Waals surface area contributed by atoms with Gasteiger partial charge >= 0.3 is 0 Å². The molecule has 2 rings (SSSR count). The summed E-state index contributed by atoms with van der Waals surface area (Å²) in [6, 6.07) is 0. The first kappa shape index (κ1) is 11.7. The predicted octanol–water partition coefficient (Wildman–Crippen LogP) is 0.979. The van der Waals surface area contributed by atoms with Crippen molar-refractivity contribution in [1.29, 1.82) is 0 Å². The van der Waals surface area contributed by atoms with E-state index in [0.717, 1.165) is 19.7 Å². The van der Waals surface area contributed by atoms with Crippen LogP contribution in [0.5, 0.6) is 0 Å². The van der Waals surface area contributed by atoms with Gasteiger partial charge in [0.15, 0.2) is 0 Å². The Bertz CT molecular complexity index is 189. The normalized spacial score (nSPS) is 30.6. The molecule has 0 aliphatic carbocycles. The lowest BCUT2D eigenvalue weighted by Gasteiger charge is -2.37. The molecule has 0 saturated carbocycles. The number of thioether (sulfide) groups is 1. The standard InChI is InChI=1S/C11H22N2OS/c12-9-11(3-6-15-7-4-11)13-8-10-2-1-5-14-10/h10,13H,1-9,12H2. The second-order valence-electron chi connectivity index (χ2n) is 4.61. The minimum Gasteiger partial charge on any atom is -0.377 e. The molecule has 0 aromatic carbocycles. The molecule has 0 bridgehead atoms. The van der Waals surface area contributed by atoms with E-state index in [9.17, 15) is 0 Å². The lowest BCUT2D eigenvalue weighted by molar-refractivity contribution is 0.0996. The van der Waals surface area contributed by atoms with Crippen LogP contribution in [0.15, 0.2) is 0 Å². The summed E-state index contributed by atoms with van der Waals surface area (Å²) in [5.74, 6) is 2.49. The zero-order valence-corrected chi connectivity index (χ0v) is 10.2. The number of hydrogen-bond acceptors (Lipinski definition) is 4. The summed E-state index contributed by atoms with van der Waals surface area (Å²) in [4.78, 5) is 0. The van der Waals surface area contributed by atoms with Crippen molar-refractivity contribution in [2.75, 3.05) is 31.2 Å². The van der Waals surface area contributed by atoms with Crippen LogP contribution < -0.4 is 11.1 Å². The highest BCUT2D eigenvalue weighted by Crippen LogP contribution is 2.26. The zero-order valence-electron chi connectivity index (χ0n) is 9.34. The van der Waals surface area contributed by atoms with E-state index < -0.39 is 0 Å². The molecule has 0 amide bonds. The molecular formula is C11H22N2OS. The zero-order chi connectivity index (χ0) is 10.6. The van der Waals surface area contributed by atoms with Crippen molar-refractivity contribution in [2.45, 2.75) is 37.3 Å². The van der Waals surface area contributed by atoms with Crippen molar-refractivity contribution in [1.82, 2.24) is 5.32 Å². The molecule has 2 heterocycles. The molecule has 0 aromatic heterocycles. The highest BCUT2D eigenvalue weighted by molar-refractivity contribution is 7.99. The molecule has 1 atom stereocenters. The summed E-state index contributed by atoms with van der Waals surface area (Å²) in [6.07, 6.45) is 5.28. The molecule has 2 aliphatic rings. The van der Waals surface area contributed by atoms with Gasteiger partial charge in [-0.3, -0.25) is 0 Å². The van der Waals surface area contributed by atoms with Gasteiger partial charge < -0.3 is 15.8 Å². The Hall–Kier alpha value is 0.230. The van der Waals surface area contributed by atoms with Crippen LogP contribution in [0.2, 0.25) is 0 Å². The highest BCUT2D eigenvalue weighted by atomic mass is 32.2. The molecule has 0 aromatic rings. The maximum atomic E-state index is 5.91. The van der Waals surface area contributed by atoms with Crippen LogP contribution in [0.25, 0.3) is 0 Å². The van der Waals surface area contributed by atoms with E-state index in [2.05, 4.69) is 5.32 Å². The second kappa shape index (κ2) is 5.53. The van der Waals surface area contributed by atoms with Gasteiger partial charge in [-0.05, 0) is 37.2 Å². The van der Waals surface area contributed by atoms with E-state index in [-0.39, 0.29) is 5.54 Å². The van der Waals surface area contributed by atoms with Crippen molar-refractivity contribution in [3.05, 3.63) is 0 Å². The Morgan fingerprint density at radius 2 is 2.20 bits per heavy atom. The summed E-state index contributed by atoms with van der Waals surface area (Å²) >= 11 is 2.04. The fourth-order valence-corrected chi connectivity index (χ4v) is 3.63. The molecule has 88 valence electrons. The smallest absolute Gasteiger partial charge is 0.0700 e. The van der Waals surface area contributed by atoms with E-state index in [0.29, 0.717) is 6.10 Å². The van der Waals surface area contributed by atoms with Gasteiger partial charge in [-0.2, -0.15) is 11.8 Å². The Morgan fingerprint density at radius 3 is 2.80 bits per heavy atom. The van der Waals surface area contributed by atoms with Gasteiger partial charge in [0, 0.05) is 25.2 Å². The van der Waals surface area contributed by atoms with Gasteiger partial charge in [-0.15, -0.1) is 0 Å². The summed E-state index contributed by atoms with van der Waals surface area (Å²) in [5.41, 5.74) is 6.12. The molecule has 2 saturated heterocycles. The molecule has 0 radical (unpaired) electrons. The quantitative estimate of drug-likeness (QED) is 0.756. The summed E-state index contributed by atoms with van der Waals surface area (Å²) in [7, 11) is 0. The summed E-state index contributed by atoms with van der Waals surface area (Å²) < 4.78 is 5.62. The van der Waals surface area contributed by atoms with Gasteiger partial charge in [-0.25, -0.2) is 0 Å². The monoisotopic (exact) mass is 230 g/mol. The number of hydrogen-bond donors (Lipinski definition) is 2. The lowest BCUT2D eigenvalue weighted by atomic mass is 9.92. The van der Waals surface area contributed by atoms with Crippen molar-refractivity contribution in [3.63, 3.8) is 0 Å². The molecule has 0 spiro atoms. The largest absolute Gasteiger partial charge is 0.377 e. The predicted molar refractivity (Wildman–Crippen MR) is 65.3 cm³/mol. The Morgan fingerprint density at radius 1 is 1.40 bits per heavy atom. The SMILES string of the molecule is NCC1(NCC2CCCO2)CCSCC1. The van der Waals surface area contributed by atoms with Crippen LogP contribution in [0.4, 0.5) is 0 Å². The van der Waals surface area contributed by atoms with E-state index >= 15 is 0 Å². The summed E-state index contributed by atoms with van der Waals surface area (Å²) in [5, 5.41) is 3.66. The first-order chi connectivity index (χ1) is 7.35. The van der Waals surface area contributed by atoms with Crippen molar-refractivity contribution in [2.24, 2.45) is 5.73 Å². The second-order valence-corrected chi connectivity index (χ2v) is 5.84. The first-order valence-electron chi connectivity index (χ1n) is 5.99. The third-order valence-corrected chi connectivity index (χ3v) is 4.55. The van der Waals surface area contributed by atoms with Crippen LogP contribution in [0.3, 0.4) is 0 Å². The van der Waals surface area contributed by atoms with E-state index in [1.807, 2.05) is 11.8 Å². The minimum absolute atomic E-state index is 0.206. The van der Waals surface area contributed by atoms with Gasteiger partial charge in [0.25, 0.3) is 0 Å². The van der Waals surface area contributed by atoms with E-state index in [1.54, 1.807) is 0 Å². The van der Waals surface area contributed by atoms with Crippen LogP contribution in [-0.4, -0.2) is 42.8 Å². The van der Waals surface area contributed by atoms with Crippen LogP contribution in [0, 0.1) is 0 Å². The Balaban J connectivity index is 1.78. The third kappa shape index (κ3) is 3.09. The number of ether oxygens (including phenoxy) is 1. The van der Waals surface area contributed by atoms with Crippen LogP contribution in [0.1, 0.15) is 25.7 Å². The molecule has 15 heavy (non-hydrogen) atoms. The lowest BCUT2D eigenvalue weighted by Crippen LogP contribution is -2.55. The Kier molecular flexibility index (Phi) is 4.31. The van der Waals surface area contributed by atoms with Crippen LogP contribution >= 0.6 is 11.8 Å².